The monoisotopic (exact) mass is 199 g/mol. The molecule has 0 spiro atoms. The first-order valence-electron chi connectivity index (χ1n) is 4.10. The van der Waals surface area contributed by atoms with Crippen LogP contribution in [0, 0.1) is 5.82 Å². The van der Waals surface area contributed by atoms with Crippen LogP contribution in [-0.2, 0) is 11.6 Å². The fourth-order valence-corrected chi connectivity index (χ4v) is 1.78. The van der Waals surface area contributed by atoms with Crippen molar-refractivity contribution in [3.8, 4) is 0 Å². The summed E-state index contributed by atoms with van der Waals surface area (Å²) in [6.07, 6.45) is 0. The molecule has 1 aromatic rings. The molecule has 1 aliphatic rings. The van der Waals surface area contributed by atoms with Crippen LogP contribution in [0.15, 0.2) is 18.2 Å². The van der Waals surface area contributed by atoms with Crippen molar-refractivity contribution in [1.82, 2.24) is 5.32 Å². The first kappa shape index (κ1) is 9.54. The van der Waals surface area contributed by atoms with E-state index in [4.69, 9.17) is 0 Å². The molecule has 1 aromatic carbocycles. The lowest BCUT2D eigenvalue weighted by atomic mass is 10.0. The van der Waals surface area contributed by atoms with Crippen molar-refractivity contribution < 1.29 is 19.7 Å². The van der Waals surface area contributed by atoms with Gasteiger partial charge in [-0.2, -0.15) is 0 Å². The molecule has 0 saturated heterocycles. The van der Waals surface area contributed by atoms with Crippen LogP contribution in [0.3, 0.4) is 0 Å². The minimum absolute atomic E-state index is 0.0671. The molecular weight excluding hydrogens is 189 g/mol. The highest BCUT2D eigenvalue weighted by atomic mass is 19.1. The quantitative estimate of drug-likeness (QED) is 0.432. The van der Waals surface area contributed by atoms with Crippen LogP contribution in [-0.4, -0.2) is 15.3 Å². The number of benzene rings is 1. The first-order chi connectivity index (χ1) is 6.34. The van der Waals surface area contributed by atoms with Gasteiger partial charge in [0.25, 0.3) is 5.91 Å². The Morgan fingerprint density at radius 3 is 2.50 bits per heavy atom. The van der Waals surface area contributed by atoms with Crippen molar-refractivity contribution in [1.29, 1.82) is 0 Å². The van der Waals surface area contributed by atoms with Crippen LogP contribution in [0.1, 0.15) is 18.1 Å². The van der Waals surface area contributed by atoms with Gasteiger partial charge in [-0.05, 0) is 13.0 Å². The van der Waals surface area contributed by atoms with E-state index in [1.165, 1.54) is 19.1 Å². The standard InChI is InChI=1S/C9H10FNO3/c1-8(12)7-5(9(13,14)11-8)3-2-4-6(7)10/h2-4,11-14H,1H3. The molecule has 0 bridgehead atoms. The van der Waals surface area contributed by atoms with Crippen LogP contribution in [0.2, 0.25) is 0 Å². The molecule has 4 N–H and O–H groups in total. The summed E-state index contributed by atoms with van der Waals surface area (Å²) in [5.74, 6) is -3.06. The van der Waals surface area contributed by atoms with Crippen molar-refractivity contribution in [3.05, 3.63) is 35.1 Å². The third kappa shape index (κ3) is 1.14. The topological polar surface area (TPSA) is 72.7 Å². The highest BCUT2D eigenvalue weighted by Crippen LogP contribution is 2.37. The van der Waals surface area contributed by atoms with E-state index in [-0.39, 0.29) is 11.1 Å². The molecule has 0 amide bonds. The Morgan fingerprint density at radius 2 is 1.93 bits per heavy atom. The average molecular weight is 199 g/mol. The summed E-state index contributed by atoms with van der Waals surface area (Å²) in [6, 6.07) is 3.84. The van der Waals surface area contributed by atoms with Gasteiger partial charge < -0.3 is 15.3 Å². The fourth-order valence-electron chi connectivity index (χ4n) is 1.78. The van der Waals surface area contributed by atoms with Crippen LogP contribution >= 0.6 is 0 Å². The second-order valence-corrected chi connectivity index (χ2v) is 3.53. The van der Waals surface area contributed by atoms with E-state index < -0.39 is 17.5 Å². The van der Waals surface area contributed by atoms with Gasteiger partial charge in [0.1, 0.15) is 11.5 Å². The summed E-state index contributed by atoms with van der Waals surface area (Å²) < 4.78 is 13.3. The number of halogens is 1. The molecule has 0 saturated carbocycles. The normalized spacial score (nSPS) is 28.9. The molecule has 1 unspecified atom stereocenters. The van der Waals surface area contributed by atoms with Crippen LogP contribution < -0.4 is 5.32 Å². The summed E-state index contributed by atoms with van der Waals surface area (Å²) in [6.45, 7) is 1.25. The third-order valence-corrected chi connectivity index (χ3v) is 2.29. The van der Waals surface area contributed by atoms with Gasteiger partial charge in [0.2, 0.25) is 0 Å². The summed E-state index contributed by atoms with van der Waals surface area (Å²) >= 11 is 0. The summed E-state index contributed by atoms with van der Waals surface area (Å²) in [7, 11) is 0. The SMILES string of the molecule is CC1(O)NC(O)(O)c2cccc(F)c21. The third-order valence-electron chi connectivity index (χ3n) is 2.29. The predicted molar refractivity (Wildman–Crippen MR) is 45.2 cm³/mol. The summed E-state index contributed by atoms with van der Waals surface area (Å²) in [4.78, 5) is 0. The molecule has 0 radical (unpaired) electrons. The van der Waals surface area contributed by atoms with E-state index in [2.05, 4.69) is 5.32 Å². The number of aliphatic hydroxyl groups is 3. The van der Waals surface area contributed by atoms with E-state index in [1.807, 2.05) is 0 Å². The Labute approximate surface area is 79.6 Å². The van der Waals surface area contributed by atoms with Gasteiger partial charge in [0, 0.05) is 11.1 Å². The maximum absolute atomic E-state index is 13.3. The number of hydrogen-bond acceptors (Lipinski definition) is 4. The van der Waals surface area contributed by atoms with Gasteiger partial charge in [-0.3, -0.25) is 0 Å². The summed E-state index contributed by atoms with van der Waals surface area (Å²) in [5.41, 5.74) is -1.98. The Bertz CT molecular complexity index is 390. The zero-order valence-corrected chi connectivity index (χ0v) is 7.45. The molecule has 0 fully saturated rings. The average Bonchev–Trinajstić information content (AvgIpc) is 2.18. The number of hydrogen-bond donors (Lipinski definition) is 4. The molecule has 0 aliphatic carbocycles. The molecule has 1 heterocycles. The molecule has 2 rings (SSSR count). The van der Waals surface area contributed by atoms with Gasteiger partial charge in [0.05, 0.1) is 0 Å². The van der Waals surface area contributed by atoms with Crippen molar-refractivity contribution >= 4 is 0 Å². The number of nitrogens with one attached hydrogen (secondary N) is 1. The van der Waals surface area contributed by atoms with E-state index in [0.29, 0.717) is 0 Å². The minimum atomic E-state index is -2.39. The number of fused-ring (bicyclic) bond motifs is 1. The van der Waals surface area contributed by atoms with Gasteiger partial charge in [-0.25, -0.2) is 9.71 Å². The largest absolute Gasteiger partial charge is 0.372 e. The first-order valence-corrected chi connectivity index (χ1v) is 4.10. The Kier molecular flexibility index (Phi) is 1.71. The second kappa shape index (κ2) is 2.52. The molecule has 4 nitrogen and oxygen atoms in total. The second-order valence-electron chi connectivity index (χ2n) is 3.53. The summed E-state index contributed by atoms with van der Waals surface area (Å²) in [5, 5.41) is 30.6. The molecule has 1 atom stereocenters. The van der Waals surface area contributed by atoms with Gasteiger partial charge in [-0.15, -0.1) is 0 Å². The lowest BCUT2D eigenvalue weighted by molar-refractivity contribution is -0.218. The lowest BCUT2D eigenvalue weighted by Gasteiger charge is -2.21. The van der Waals surface area contributed by atoms with Crippen LogP contribution in [0.5, 0.6) is 0 Å². The van der Waals surface area contributed by atoms with Crippen molar-refractivity contribution in [3.63, 3.8) is 0 Å². The minimum Gasteiger partial charge on any atom is -0.372 e. The fraction of sp³-hybridized carbons (Fsp3) is 0.333. The van der Waals surface area contributed by atoms with Crippen LogP contribution in [0.4, 0.5) is 4.39 Å². The van der Waals surface area contributed by atoms with E-state index in [1.54, 1.807) is 0 Å². The highest BCUT2D eigenvalue weighted by molar-refractivity contribution is 5.39. The van der Waals surface area contributed by atoms with E-state index >= 15 is 0 Å². The van der Waals surface area contributed by atoms with Gasteiger partial charge in [0.15, 0.2) is 0 Å². The highest BCUT2D eigenvalue weighted by Gasteiger charge is 2.48. The zero-order valence-electron chi connectivity index (χ0n) is 7.45. The molecule has 1 aliphatic heterocycles. The van der Waals surface area contributed by atoms with E-state index in [9.17, 15) is 19.7 Å². The molecule has 14 heavy (non-hydrogen) atoms. The van der Waals surface area contributed by atoms with E-state index in [0.717, 1.165) is 6.07 Å². The maximum Gasteiger partial charge on any atom is 0.253 e. The van der Waals surface area contributed by atoms with Crippen molar-refractivity contribution in [2.75, 3.05) is 0 Å². The molecule has 5 heteroatoms. The Hall–Kier alpha value is -1.01. The molecular formula is C9H10FNO3. The van der Waals surface area contributed by atoms with Crippen molar-refractivity contribution in [2.45, 2.75) is 18.6 Å². The van der Waals surface area contributed by atoms with Crippen LogP contribution in [0.25, 0.3) is 0 Å². The zero-order chi connectivity index (χ0) is 10.6. The van der Waals surface area contributed by atoms with Gasteiger partial charge in [-0.1, -0.05) is 12.1 Å². The Balaban J connectivity index is 2.72. The lowest BCUT2D eigenvalue weighted by Crippen LogP contribution is -2.45. The van der Waals surface area contributed by atoms with Gasteiger partial charge >= 0.3 is 0 Å². The smallest absolute Gasteiger partial charge is 0.253 e. The predicted octanol–water partition coefficient (Wildman–Crippen LogP) is -0.311. The van der Waals surface area contributed by atoms with Crippen molar-refractivity contribution in [2.24, 2.45) is 0 Å². The number of rotatable bonds is 0. The maximum atomic E-state index is 13.3. The molecule has 76 valence electrons. The molecule has 0 aromatic heterocycles. The Morgan fingerprint density at radius 1 is 1.29 bits per heavy atom.